The molecular formula is C17H14N4O4S. The summed E-state index contributed by atoms with van der Waals surface area (Å²) in [7, 11) is 1.48. The lowest BCUT2D eigenvalue weighted by molar-refractivity contribution is -0.384. The molecule has 2 aromatic carbocycles. The maximum absolute atomic E-state index is 10.7. The Bertz CT molecular complexity index is 954. The maximum Gasteiger partial charge on any atom is 0.269 e. The first kappa shape index (κ1) is 17.4. The quantitative estimate of drug-likeness (QED) is 0.387. The second-order valence-electron chi connectivity index (χ2n) is 5.11. The maximum atomic E-state index is 10.7. The van der Waals surface area contributed by atoms with Gasteiger partial charge in [-0.25, -0.2) is 4.98 Å². The molecule has 3 rings (SSSR count). The van der Waals surface area contributed by atoms with Gasteiger partial charge >= 0.3 is 0 Å². The van der Waals surface area contributed by atoms with Crippen molar-refractivity contribution in [3.05, 3.63) is 63.5 Å². The van der Waals surface area contributed by atoms with Gasteiger partial charge in [0, 0.05) is 28.6 Å². The molecule has 0 spiro atoms. The summed E-state index contributed by atoms with van der Waals surface area (Å²) >= 11 is 1.34. The summed E-state index contributed by atoms with van der Waals surface area (Å²) < 4.78 is 5.04. The van der Waals surface area contributed by atoms with Gasteiger partial charge in [-0.2, -0.15) is 5.10 Å². The van der Waals surface area contributed by atoms with Crippen LogP contribution in [0.5, 0.6) is 11.5 Å². The number of nitrogens with zero attached hydrogens (tertiary/aromatic N) is 3. The number of para-hydroxylation sites is 1. The van der Waals surface area contributed by atoms with E-state index in [9.17, 15) is 15.2 Å². The largest absolute Gasteiger partial charge is 0.504 e. The van der Waals surface area contributed by atoms with E-state index < -0.39 is 4.92 Å². The molecular weight excluding hydrogens is 356 g/mol. The van der Waals surface area contributed by atoms with Crippen molar-refractivity contribution in [2.24, 2.45) is 5.10 Å². The highest BCUT2D eigenvalue weighted by Gasteiger charge is 2.08. The van der Waals surface area contributed by atoms with Gasteiger partial charge in [0.05, 0.1) is 23.9 Å². The summed E-state index contributed by atoms with van der Waals surface area (Å²) in [5.74, 6) is 0.370. The van der Waals surface area contributed by atoms with E-state index in [2.05, 4.69) is 15.5 Å². The third kappa shape index (κ3) is 3.78. The molecule has 8 nitrogen and oxygen atoms in total. The lowest BCUT2D eigenvalue weighted by atomic mass is 10.1. The number of phenolic OH excluding ortho intramolecular Hbond substituents is 1. The number of anilines is 1. The number of non-ortho nitro benzene ring substituents is 1. The number of nitro groups is 1. The van der Waals surface area contributed by atoms with Crippen molar-refractivity contribution in [1.29, 1.82) is 0 Å². The molecule has 0 aliphatic rings. The van der Waals surface area contributed by atoms with Gasteiger partial charge < -0.3 is 9.84 Å². The predicted molar refractivity (Wildman–Crippen MR) is 100 cm³/mol. The Labute approximate surface area is 152 Å². The second kappa shape index (κ2) is 7.62. The number of hydrogen-bond acceptors (Lipinski definition) is 8. The fourth-order valence-electron chi connectivity index (χ4n) is 2.18. The highest BCUT2D eigenvalue weighted by atomic mass is 32.1. The highest BCUT2D eigenvalue weighted by molar-refractivity contribution is 7.14. The number of hydrazone groups is 1. The molecule has 1 heterocycles. The normalized spacial score (nSPS) is 10.8. The van der Waals surface area contributed by atoms with Gasteiger partial charge in [-0.05, 0) is 24.3 Å². The Morgan fingerprint density at radius 1 is 1.31 bits per heavy atom. The number of thiazole rings is 1. The number of methoxy groups -OCH3 is 1. The monoisotopic (exact) mass is 370 g/mol. The van der Waals surface area contributed by atoms with Crippen LogP contribution in [0.15, 0.2) is 52.9 Å². The average Bonchev–Trinajstić information content (AvgIpc) is 3.12. The molecule has 0 radical (unpaired) electrons. The van der Waals surface area contributed by atoms with E-state index in [-0.39, 0.29) is 11.4 Å². The first-order valence-corrected chi connectivity index (χ1v) is 8.32. The number of hydrogen-bond donors (Lipinski definition) is 2. The van der Waals surface area contributed by atoms with Crippen molar-refractivity contribution < 1.29 is 14.8 Å². The van der Waals surface area contributed by atoms with Crippen molar-refractivity contribution >= 4 is 28.4 Å². The zero-order chi connectivity index (χ0) is 18.5. The molecule has 0 unspecified atom stereocenters. The first-order valence-electron chi connectivity index (χ1n) is 7.44. The van der Waals surface area contributed by atoms with Crippen LogP contribution in [0.4, 0.5) is 10.8 Å². The number of phenols is 1. The van der Waals surface area contributed by atoms with E-state index in [1.165, 1.54) is 36.8 Å². The Hall–Kier alpha value is -3.46. The summed E-state index contributed by atoms with van der Waals surface area (Å²) in [5, 5.41) is 27.1. The number of rotatable bonds is 6. The van der Waals surface area contributed by atoms with Crippen LogP contribution in [0, 0.1) is 10.1 Å². The van der Waals surface area contributed by atoms with Crippen LogP contribution in [0.1, 0.15) is 5.56 Å². The predicted octanol–water partition coefficient (Wildman–Crippen LogP) is 3.88. The Balaban J connectivity index is 1.70. The topological polar surface area (TPSA) is 110 Å². The molecule has 3 aromatic rings. The Kier molecular flexibility index (Phi) is 5.09. The van der Waals surface area contributed by atoms with Crippen LogP contribution in [0.2, 0.25) is 0 Å². The fraction of sp³-hybridized carbons (Fsp3) is 0.0588. The summed E-state index contributed by atoms with van der Waals surface area (Å²) in [6.45, 7) is 0. The van der Waals surface area contributed by atoms with E-state index in [4.69, 9.17) is 4.74 Å². The summed E-state index contributed by atoms with van der Waals surface area (Å²) in [5.41, 5.74) is 4.79. The van der Waals surface area contributed by atoms with Crippen molar-refractivity contribution in [2.45, 2.75) is 0 Å². The van der Waals surface area contributed by atoms with E-state index in [0.717, 1.165) is 5.56 Å². The van der Waals surface area contributed by atoms with Gasteiger partial charge in [0.2, 0.25) is 5.13 Å². The van der Waals surface area contributed by atoms with Crippen molar-refractivity contribution in [2.75, 3.05) is 12.5 Å². The highest BCUT2D eigenvalue weighted by Crippen LogP contribution is 2.29. The summed E-state index contributed by atoms with van der Waals surface area (Å²) in [6.07, 6.45) is 1.46. The van der Waals surface area contributed by atoms with Crippen LogP contribution < -0.4 is 10.2 Å². The smallest absolute Gasteiger partial charge is 0.269 e. The van der Waals surface area contributed by atoms with Gasteiger partial charge in [-0.3, -0.25) is 15.5 Å². The zero-order valence-corrected chi connectivity index (χ0v) is 14.4. The lowest BCUT2D eigenvalue weighted by Crippen LogP contribution is -1.92. The standard InChI is InChI=1S/C17H14N4O4S/c1-25-15-4-2-3-12(16(15)22)9-18-20-17-19-14(10-26-17)11-5-7-13(8-6-11)21(23)24/h2-10,22H,1H3,(H,19,20)/b18-9+. The van der Waals surface area contributed by atoms with Crippen molar-refractivity contribution in [3.8, 4) is 22.8 Å². The van der Waals surface area contributed by atoms with E-state index in [0.29, 0.717) is 22.1 Å². The minimum absolute atomic E-state index is 0.00579. The van der Waals surface area contributed by atoms with Crippen LogP contribution in [0.25, 0.3) is 11.3 Å². The average molecular weight is 370 g/mol. The third-order valence-corrected chi connectivity index (χ3v) is 4.24. The molecule has 9 heteroatoms. The molecule has 0 aliphatic heterocycles. The molecule has 0 atom stereocenters. The van der Waals surface area contributed by atoms with Crippen LogP contribution in [-0.2, 0) is 0 Å². The van der Waals surface area contributed by atoms with Gasteiger partial charge in [0.1, 0.15) is 0 Å². The van der Waals surface area contributed by atoms with Crippen LogP contribution in [-0.4, -0.2) is 28.3 Å². The van der Waals surface area contributed by atoms with Gasteiger partial charge in [-0.1, -0.05) is 6.07 Å². The molecule has 26 heavy (non-hydrogen) atoms. The number of benzene rings is 2. The molecule has 1 aromatic heterocycles. The number of aromatic nitrogens is 1. The van der Waals surface area contributed by atoms with Crippen molar-refractivity contribution in [3.63, 3.8) is 0 Å². The minimum Gasteiger partial charge on any atom is -0.504 e. The van der Waals surface area contributed by atoms with E-state index in [1.807, 2.05) is 5.38 Å². The molecule has 0 fully saturated rings. The van der Waals surface area contributed by atoms with Crippen molar-refractivity contribution in [1.82, 2.24) is 4.98 Å². The van der Waals surface area contributed by atoms with E-state index in [1.54, 1.807) is 30.3 Å². The molecule has 0 amide bonds. The first-order chi connectivity index (χ1) is 12.6. The number of nitro benzene ring substituents is 1. The summed E-state index contributed by atoms with van der Waals surface area (Å²) in [6, 6.07) is 11.3. The SMILES string of the molecule is COc1cccc(/C=N/Nc2nc(-c3ccc([N+](=O)[O-])cc3)cs2)c1O. The zero-order valence-electron chi connectivity index (χ0n) is 13.6. The Morgan fingerprint density at radius 3 is 2.77 bits per heavy atom. The Morgan fingerprint density at radius 2 is 2.08 bits per heavy atom. The minimum atomic E-state index is -0.444. The molecule has 0 aliphatic carbocycles. The van der Waals surface area contributed by atoms with Crippen LogP contribution >= 0.6 is 11.3 Å². The third-order valence-electron chi connectivity index (χ3n) is 3.49. The molecule has 0 saturated heterocycles. The summed E-state index contributed by atoms with van der Waals surface area (Å²) in [4.78, 5) is 14.6. The molecule has 0 bridgehead atoms. The van der Waals surface area contributed by atoms with Gasteiger partial charge in [0.15, 0.2) is 11.5 Å². The fourth-order valence-corrected chi connectivity index (χ4v) is 2.85. The molecule has 132 valence electrons. The number of nitrogens with one attached hydrogen (secondary N) is 1. The van der Waals surface area contributed by atoms with Gasteiger partial charge in [0.25, 0.3) is 5.69 Å². The van der Waals surface area contributed by atoms with Gasteiger partial charge in [-0.15, -0.1) is 11.3 Å². The molecule has 0 saturated carbocycles. The number of ether oxygens (including phenoxy) is 1. The second-order valence-corrected chi connectivity index (χ2v) is 5.97. The molecule has 2 N–H and O–H groups in total. The van der Waals surface area contributed by atoms with Crippen LogP contribution in [0.3, 0.4) is 0 Å². The number of aromatic hydroxyl groups is 1. The lowest BCUT2D eigenvalue weighted by Gasteiger charge is -2.04. The van der Waals surface area contributed by atoms with E-state index >= 15 is 0 Å².